The lowest BCUT2D eigenvalue weighted by Crippen LogP contribution is -2.03. The van der Waals surface area contributed by atoms with Crippen LogP contribution >= 0.6 is 0 Å². The number of nitrogens with two attached hydrogens (primary N) is 1. The van der Waals surface area contributed by atoms with Crippen molar-refractivity contribution in [2.24, 2.45) is 5.73 Å². The van der Waals surface area contributed by atoms with Crippen LogP contribution in [0.2, 0.25) is 0 Å². The highest BCUT2D eigenvalue weighted by atomic mass is 14.5. The molecule has 0 spiro atoms. The zero-order valence-corrected chi connectivity index (χ0v) is 8.04. The Morgan fingerprint density at radius 1 is 1.46 bits per heavy atom. The van der Waals surface area contributed by atoms with E-state index in [1.165, 1.54) is 5.56 Å². The highest BCUT2D eigenvalue weighted by molar-refractivity contribution is 5.39. The van der Waals surface area contributed by atoms with Crippen molar-refractivity contribution in [3.05, 3.63) is 34.9 Å². The van der Waals surface area contributed by atoms with Gasteiger partial charge in [-0.05, 0) is 29.2 Å². The molecule has 0 aliphatic carbocycles. The predicted molar refractivity (Wildman–Crippen MR) is 53.1 cm³/mol. The molecule has 1 aromatic carbocycles. The van der Waals surface area contributed by atoms with E-state index in [1.807, 2.05) is 18.2 Å². The average Bonchev–Trinajstić information content (AvgIpc) is 2.16. The fourth-order valence-electron chi connectivity index (χ4n) is 1.42. The molecule has 2 heteroatoms. The molecule has 0 radical (unpaired) electrons. The molecule has 0 bridgehead atoms. The van der Waals surface area contributed by atoms with Crippen LogP contribution in [0.5, 0.6) is 0 Å². The van der Waals surface area contributed by atoms with Crippen LogP contribution in [-0.2, 0) is 6.54 Å². The SMILES string of the molecule is CC(C)c1ccc(C#N)cc1CN. The third-order valence-electron chi connectivity index (χ3n) is 2.11. The van der Waals surface area contributed by atoms with Gasteiger partial charge in [-0.25, -0.2) is 0 Å². The molecule has 0 aliphatic heterocycles. The first-order chi connectivity index (χ1) is 6.19. The molecule has 68 valence electrons. The number of hydrogen-bond donors (Lipinski definition) is 1. The summed E-state index contributed by atoms with van der Waals surface area (Å²) in [4.78, 5) is 0. The molecular formula is C11H14N2. The molecule has 0 heterocycles. The summed E-state index contributed by atoms with van der Waals surface area (Å²) in [6, 6.07) is 7.82. The molecule has 0 saturated heterocycles. The first-order valence-corrected chi connectivity index (χ1v) is 4.42. The molecule has 1 rings (SSSR count). The number of nitriles is 1. The van der Waals surface area contributed by atoms with Crippen molar-refractivity contribution in [3.8, 4) is 6.07 Å². The lowest BCUT2D eigenvalue weighted by atomic mass is 9.95. The number of benzene rings is 1. The summed E-state index contributed by atoms with van der Waals surface area (Å²) in [5.74, 6) is 0.464. The van der Waals surface area contributed by atoms with E-state index in [0.29, 0.717) is 18.0 Å². The quantitative estimate of drug-likeness (QED) is 0.746. The number of rotatable bonds is 2. The monoisotopic (exact) mass is 174 g/mol. The lowest BCUT2D eigenvalue weighted by Gasteiger charge is -2.10. The van der Waals surface area contributed by atoms with Gasteiger partial charge in [0.05, 0.1) is 11.6 Å². The van der Waals surface area contributed by atoms with Gasteiger partial charge < -0.3 is 5.73 Å². The van der Waals surface area contributed by atoms with Crippen LogP contribution in [0.3, 0.4) is 0 Å². The van der Waals surface area contributed by atoms with Crippen LogP contribution in [-0.4, -0.2) is 0 Å². The third-order valence-corrected chi connectivity index (χ3v) is 2.11. The first kappa shape index (κ1) is 9.76. The Bertz CT molecular complexity index is 334. The summed E-state index contributed by atoms with van der Waals surface area (Å²) in [6.45, 7) is 4.75. The van der Waals surface area contributed by atoms with Gasteiger partial charge in [-0.15, -0.1) is 0 Å². The fourth-order valence-corrected chi connectivity index (χ4v) is 1.42. The van der Waals surface area contributed by atoms with E-state index in [2.05, 4.69) is 19.9 Å². The molecule has 0 unspecified atom stereocenters. The largest absolute Gasteiger partial charge is 0.326 e. The van der Waals surface area contributed by atoms with Crippen LogP contribution < -0.4 is 5.73 Å². The highest BCUT2D eigenvalue weighted by Crippen LogP contribution is 2.20. The summed E-state index contributed by atoms with van der Waals surface area (Å²) in [5.41, 5.74) is 8.60. The van der Waals surface area contributed by atoms with E-state index in [4.69, 9.17) is 11.0 Å². The van der Waals surface area contributed by atoms with Crippen molar-refractivity contribution in [3.63, 3.8) is 0 Å². The molecule has 0 aliphatic rings. The van der Waals surface area contributed by atoms with Gasteiger partial charge in [0, 0.05) is 6.54 Å². The second-order valence-corrected chi connectivity index (χ2v) is 3.38. The molecule has 0 aromatic heterocycles. The van der Waals surface area contributed by atoms with E-state index in [0.717, 1.165) is 5.56 Å². The minimum Gasteiger partial charge on any atom is -0.326 e. The Kier molecular flexibility index (Phi) is 3.05. The number of hydrogen-bond acceptors (Lipinski definition) is 2. The molecule has 1 aromatic rings. The maximum atomic E-state index is 8.70. The standard InChI is InChI=1S/C11H14N2/c1-8(2)11-4-3-9(6-12)5-10(11)7-13/h3-5,8H,7,13H2,1-2H3. The van der Waals surface area contributed by atoms with Crippen molar-refractivity contribution in [1.82, 2.24) is 0 Å². The molecule has 0 amide bonds. The normalized spacial score (nSPS) is 10.1. The van der Waals surface area contributed by atoms with E-state index in [9.17, 15) is 0 Å². The van der Waals surface area contributed by atoms with Crippen molar-refractivity contribution in [2.75, 3.05) is 0 Å². The van der Waals surface area contributed by atoms with Gasteiger partial charge in [-0.3, -0.25) is 0 Å². The van der Waals surface area contributed by atoms with Crippen molar-refractivity contribution in [1.29, 1.82) is 5.26 Å². The Balaban J connectivity index is 3.17. The van der Waals surface area contributed by atoms with Crippen LogP contribution in [0.1, 0.15) is 36.5 Å². The summed E-state index contributed by atoms with van der Waals surface area (Å²) in [6.07, 6.45) is 0. The molecular weight excluding hydrogens is 160 g/mol. The Morgan fingerprint density at radius 3 is 2.62 bits per heavy atom. The van der Waals surface area contributed by atoms with Crippen LogP contribution in [0, 0.1) is 11.3 Å². The van der Waals surface area contributed by atoms with Crippen molar-refractivity contribution in [2.45, 2.75) is 26.3 Å². The lowest BCUT2D eigenvalue weighted by molar-refractivity contribution is 0.839. The summed E-state index contributed by atoms with van der Waals surface area (Å²) in [7, 11) is 0. The fraction of sp³-hybridized carbons (Fsp3) is 0.364. The van der Waals surface area contributed by atoms with Crippen molar-refractivity contribution >= 4 is 0 Å². The van der Waals surface area contributed by atoms with Gasteiger partial charge in [0.1, 0.15) is 0 Å². The Hall–Kier alpha value is -1.33. The molecule has 0 fully saturated rings. The summed E-state index contributed by atoms with van der Waals surface area (Å²) < 4.78 is 0. The molecule has 13 heavy (non-hydrogen) atoms. The van der Waals surface area contributed by atoms with E-state index < -0.39 is 0 Å². The second kappa shape index (κ2) is 4.06. The molecule has 2 N–H and O–H groups in total. The van der Waals surface area contributed by atoms with Gasteiger partial charge in [0.25, 0.3) is 0 Å². The zero-order chi connectivity index (χ0) is 9.84. The summed E-state index contributed by atoms with van der Waals surface area (Å²) in [5, 5.41) is 8.70. The minimum absolute atomic E-state index is 0.464. The van der Waals surface area contributed by atoms with Crippen LogP contribution in [0.15, 0.2) is 18.2 Å². The summed E-state index contributed by atoms with van der Waals surface area (Å²) >= 11 is 0. The van der Waals surface area contributed by atoms with E-state index in [1.54, 1.807) is 0 Å². The maximum absolute atomic E-state index is 8.70. The topological polar surface area (TPSA) is 49.8 Å². The minimum atomic E-state index is 0.464. The maximum Gasteiger partial charge on any atom is 0.0991 e. The van der Waals surface area contributed by atoms with E-state index >= 15 is 0 Å². The third kappa shape index (κ3) is 2.07. The predicted octanol–water partition coefficient (Wildman–Crippen LogP) is 2.14. The molecule has 2 nitrogen and oxygen atoms in total. The van der Waals surface area contributed by atoms with Crippen LogP contribution in [0.4, 0.5) is 0 Å². The highest BCUT2D eigenvalue weighted by Gasteiger charge is 2.05. The smallest absolute Gasteiger partial charge is 0.0991 e. The van der Waals surface area contributed by atoms with Gasteiger partial charge >= 0.3 is 0 Å². The molecule has 0 atom stereocenters. The Morgan fingerprint density at radius 2 is 2.15 bits per heavy atom. The Labute approximate surface area is 79.0 Å². The van der Waals surface area contributed by atoms with E-state index in [-0.39, 0.29) is 0 Å². The first-order valence-electron chi connectivity index (χ1n) is 4.42. The van der Waals surface area contributed by atoms with Crippen molar-refractivity contribution < 1.29 is 0 Å². The zero-order valence-electron chi connectivity index (χ0n) is 8.04. The van der Waals surface area contributed by atoms with Gasteiger partial charge in [-0.1, -0.05) is 19.9 Å². The van der Waals surface area contributed by atoms with Gasteiger partial charge in [0.15, 0.2) is 0 Å². The number of nitrogens with zero attached hydrogens (tertiary/aromatic N) is 1. The van der Waals surface area contributed by atoms with Crippen LogP contribution in [0.25, 0.3) is 0 Å². The molecule has 0 saturated carbocycles. The van der Waals surface area contributed by atoms with Gasteiger partial charge in [0.2, 0.25) is 0 Å². The second-order valence-electron chi connectivity index (χ2n) is 3.38. The van der Waals surface area contributed by atoms with Gasteiger partial charge in [-0.2, -0.15) is 5.26 Å². The average molecular weight is 174 g/mol.